The van der Waals surface area contributed by atoms with E-state index < -0.39 is 6.10 Å². The van der Waals surface area contributed by atoms with Crippen molar-refractivity contribution in [1.82, 2.24) is 9.58 Å². The molecular weight excluding hydrogens is 488 g/mol. The van der Waals surface area contributed by atoms with E-state index in [0.717, 1.165) is 30.8 Å². The lowest BCUT2D eigenvalue weighted by molar-refractivity contribution is 0.120. The van der Waals surface area contributed by atoms with Crippen molar-refractivity contribution in [3.05, 3.63) is 57.2 Å². The molecule has 6 nitrogen and oxygen atoms in total. The van der Waals surface area contributed by atoms with Crippen LogP contribution in [-0.4, -0.2) is 39.0 Å². The van der Waals surface area contributed by atoms with Gasteiger partial charge in [-0.3, -0.25) is 0 Å². The number of hydrogen-bond acceptors (Lipinski definition) is 5. The fourth-order valence-electron chi connectivity index (χ4n) is 3.37. The molecule has 0 amide bonds. The standard InChI is InChI=1S/C20H24Br2N4O2/c21-13-3-5-19-17(8-13)18-9-14(22)4-6-20(18)26(19)12-16(28)11-25(24)10-15(23)2-1-7-27/h3-6,8-10,16,27-28H,1-2,7,11-12,23-24H2/b15-10-. The van der Waals surface area contributed by atoms with Crippen LogP contribution in [0.4, 0.5) is 0 Å². The third-order valence-electron chi connectivity index (χ3n) is 4.56. The molecule has 0 saturated heterocycles. The molecule has 1 atom stereocenters. The van der Waals surface area contributed by atoms with E-state index in [0.29, 0.717) is 25.1 Å². The van der Waals surface area contributed by atoms with E-state index in [-0.39, 0.29) is 13.2 Å². The molecule has 0 aliphatic heterocycles. The van der Waals surface area contributed by atoms with Gasteiger partial charge in [-0.05, 0) is 49.2 Å². The summed E-state index contributed by atoms with van der Waals surface area (Å²) in [5.41, 5.74) is 8.57. The van der Waals surface area contributed by atoms with E-state index in [4.69, 9.17) is 16.7 Å². The number of halogens is 2. The predicted octanol–water partition coefficient (Wildman–Crippen LogP) is 3.43. The number of aromatic nitrogens is 1. The van der Waals surface area contributed by atoms with E-state index in [9.17, 15) is 5.11 Å². The molecule has 6 N–H and O–H groups in total. The van der Waals surface area contributed by atoms with Crippen LogP contribution in [0, 0.1) is 0 Å². The lowest BCUT2D eigenvalue weighted by Gasteiger charge is -2.20. The van der Waals surface area contributed by atoms with Gasteiger partial charge in [0, 0.05) is 49.3 Å². The van der Waals surface area contributed by atoms with Crippen molar-refractivity contribution in [2.45, 2.75) is 25.5 Å². The SMILES string of the molecule is N/C(=C\N(N)CC(O)Cn1c2ccc(Br)cc2c2cc(Br)ccc21)CCCO. The number of aliphatic hydroxyl groups excluding tert-OH is 2. The zero-order valence-electron chi connectivity index (χ0n) is 15.4. The Balaban J connectivity index is 1.85. The Morgan fingerprint density at radius 2 is 1.68 bits per heavy atom. The molecule has 3 rings (SSSR count). The van der Waals surface area contributed by atoms with Crippen molar-refractivity contribution in [3.63, 3.8) is 0 Å². The van der Waals surface area contributed by atoms with E-state index in [1.54, 1.807) is 6.20 Å². The molecule has 1 heterocycles. The maximum absolute atomic E-state index is 10.6. The zero-order chi connectivity index (χ0) is 20.3. The summed E-state index contributed by atoms with van der Waals surface area (Å²) < 4.78 is 4.13. The smallest absolute Gasteiger partial charge is 0.0909 e. The number of nitrogens with zero attached hydrogens (tertiary/aromatic N) is 2. The molecule has 150 valence electrons. The van der Waals surface area contributed by atoms with E-state index in [1.165, 1.54) is 5.01 Å². The van der Waals surface area contributed by atoms with Gasteiger partial charge >= 0.3 is 0 Å². The van der Waals surface area contributed by atoms with Gasteiger partial charge in [-0.2, -0.15) is 0 Å². The first-order chi connectivity index (χ1) is 13.4. The Hall–Kier alpha value is -1.58. The van der Waals surface area contributed by atoms with Gasteiger partial charge in [0.25, 0.3) is 0 Å². The maximum Gasteiger partial charge on any atom is 0.0909 e. The Kier molecular flexibility index (Phi) is 7.00. The summed E-state index contributed by atoms with van der Waals surface area (Å²) in [5.74, 6) is 5.97. The summed E-state index contributed by atoms with van der Waals surface area (Å²) in [6.45, 7) is 0.733. The molecule has 0 aliphatic carbocycles. The average Bonchev–Trinajstić information content (AvgIpc) is 2.92. The predicted molar refractivity (Wildman–Crippen MR) is 120 cm³/mol. The largest absolute Gasteiger partial charge is 0.401 e. The highest BCUT2D eigenvalue weighted by Crippen LogP contribution is 2.33. The minimum atomic E-state index is -0.682. The van der Waals surface area contributed by atoms with Crippen LogP contribution in [0.2, 0.25) is 0 Å². The van der Waals surface area contributed by atoms with Crippen molar-refractivity contribution in [1.29, 1.82) is 0 Å². The molecule has 8 heteroatoms. The van der Waals surface area contributed by atoms with Crippen LogP contribution in [0.15, 0.2) is 57.2 Å². The Morgan fingerprint density at radius 3 is 2.21 bits per heavy atom. The van der Waals surface area contributed by atoms with E-state index >= 15 is 0 Å². The monoisotopic (exact) mass is 510 g/mol. The fourth-order valence-corrected chi connectivity index (χ4v) is 4.09. The summed E-state index contributed by atoms with van der Waals surface area (Å²) >= 11 is 7.09. The van der Waals surface area contributed by atoms with Gasteiger partial charge in [0.1, 0.15) is 0 Å². The number of rotatable bonds is 8. The van der Waals surface area contributed by atoms with Crippen molar-refractivity contribution < 1.29 is 10.2 Å². The summed E-state index contributed by atoms with van der Waals surface area (Å²) in [6, 6.07) is 12.3. The van der Waals surface area contributed by atoms with Gasteiger partial charge in [0.15, 0.2) is 0 Å². The quantitative estimate of drug-likeness (QED) is 0.274. The molecule has 0 fully saturated rings. The molecule has 1 unspecified atom stereocenters. The molecule has 0 aliphatic rings. The highest BCUT2D eigenvalue weighted by Gasteiger charge is 2.15. The Labute approximate surface area is 180 Å². The molecule has 0 bridgehead atoms. The van der Waals surface area contributed by atoms with Gasteiger partial charge in [-0.15, -0.1) is 0 Å². The van der Waals surface area contributed by atoms with Crippen LogP contribution in [0.5, 0.6) is 0 Å². The first-order valence-electron chi connectivity index (χ1n) is 9.02. The minimum Gasteiger partial charge on any atom is -0.401 e. The van der Waals surface area contributed by atoms with Crippen molar-refractivity contribution in [2.75, 3.05) is 13.2 Å². The maximum atomic E-state index is 10.6. The van der Waals surface area contributed by atoms with Crippen LogP contribution in [0.1, 0.15) is 12.8 Å². The van der Waals surface area contributed by atoms with Crippen molar-refractivity contribution >= 4 is 53.7 Å². The van der Waals surface area contributed by atoms with Crippen LogP contribution in [0.25, 0.3) is 21.8 Å². The van der Waals surface area contributed by atoms with Crippen LogP contribution < -0.4 is 11.6 Å². The van der Waals surface area contributed by atoms with Crippen LogP contribution >= 0.6 is 31.9 Å². The third kappa shape index (κ3) is 4.87. The molecule has 3 aromatic rings. The number of benzene rings is 2. The highest BCUT2D eigenvalue weighted by molar-refractivity contribution is 9.10. The number of hydrazine groups is 1. The summed E-state index contributed by atoms with van der Waals surface area (Å²) in [7, 11) is 0. The summed E-state index contributed by atoms with van der Waals surface area (Å²) in [5, 5.41) is 23.1. The van der Waals surface area contributed by atoms with E-state index in [2.05, 4.69) is 48.6 Å². The summed E-state index contributed by atoms with van der Waals surface area (Å²) in [4.78, 5) is 0. The number of fused-ring (bicyclic) bond motifs is 3. The lowest BCUT2D eigenvalue weighted by atomic mass is 10.2. The van der Waals surface area contributed by atoms with Gasteiger partial charge in [-0.1, -0.05) is 31.9 Å². The lowest BCUT2D eigenvalue weighted by Crippen LogP contribution is -2.36. The fraction of sp³-hybridized carbons (Fsp3) is 0.300. The normalized spacial score (nSPS) is 13.4. The molecule has 0 spiro atoms. The second-order valence-electron chi connectivity index (χ2n) is 6.82. The molecule has 1 aromatic heterocycles. The zero-order valence-corrected chi connectivity index (χ0v) is 18.5. The number of hydrogen-bond donors (Lipinski definition) is 4. The van der Waals surface area contributed by atoms with Crippen LogP contribution in [-0.2, 0) is 6.54 Å². The molecule has 0 radical (unpaired) electrons. The summed E-state index contributed by atoms with van der Waals surface area (Å²) in [6.07, 6.45) is 2.08. The first kappa shape index (κ1) is 21.1. The molecule has 0 saturated carbocycles. The van der Waals surface area contributed by atoms with Crippen molar-refractivity contribution in [3.8, 4) is 0 Å². The Morgan fingerprint density at radius 1 is 1.11 bits per heavy atom. The number of aliphatic hydroxyl groups is 2. The second kappa shape index (κ2) is 9.28. The molecule has 2 aromatic carbocycles. The number of nitrogens with two attached hydrogens (primary N) is 2. The van der Waals surface area contributed by atoms with Gasteiger partial charge in [0.05, 0.1) is 19.2 Å². The second-order valence-corrected chi connectivity index (χ2v) is 8.65. The Bertz CT molecular complexity index is 943. The average molecular weight is 512 g/mol. The first-order valence-corrected chi connectivity index (χ1v) is 10.6. The van der Waals surface area contributed by atoms with E-state index in [1.807, 2.05) is 24.3 Å². The van der Waals surface area contributed by atoms with Gasteiger partial charge in [0.2, 0.25) is 0 Å². The van der Waals surface area contributed by atoms with Crippen molar-refractivity contribution in [2.24, 2.45) is 11.6 Å². The van der Waals surface area contributed by atoms with Gasteiger partial charge < -0.3 is 25.5 Å². The minimum absolute atomic E-state index is 0.0851. The van der Waals surface area contributed by atoms with Gasteiger partial charge in [-0.25, -0.2) is 5.84 Å². The third-order valence-corrected chi connectivity index (χ3v) is 5.55. The topological polar surface area (TPSA) is 101 Å². The van der Waals surface area contributed by atoms with Crippen LogP contribution in [0.3, 0.4) is 0 Å². The molecular formula is C20H24Br2N4O2. The number of allylic oxidation sites excluding steroid dienone is 1. The highest BCUT2D eigenvalue weighted by atomic mass is 79.9. The molecule has 28 heavy (non-hydrogen) atoms.